The number of aliphatic carboxylic acids is 1. The molecule has 2 N–H and O–H groups in total. The van der Waals surface area contributed by atoms with E-state index in [0.717, 1.165) is 23.9 Å². The van der Waals surface area contributed by atoms with Gasteiger partial charge in [-0.25, -0.2) is 4.79 Å². The molecule has 122 valence electrons. The van der Waals surface area contributed by atoms with Crippen LogP contribution in [0, 0.1) is 0 Å². The predicted octanol–water partition coefficient (Wildman–Crippen LogP) is 2.70. The second-order valence-corrected chi connectivity index (χ2v) is 5.76. The number of benzene rings is 1. The summed E-state index contributed by atoms with van der Waals surface area (Å²) < 4.78 is 38.3. The number of thioether (sulfide) groups is 1. The maximum Gasteiger partial charge on any atom is 0.417 e. The molecule has 1 heterocycles. The SMILES string of the molecule is O=C(O)C1=C(NC(=O)c2ccc(Cl)c(C(F)(F)F)c2)SCC1=O. The fourth-order valence-electron chi connectivity index (χ4n) is 1.78. The van der Waals surface area contributed by atoms with Gasteiger partial charge in [-0.2, -0.15) is 13.2 Å². The molecule has 0 spiro atoms. The van der Waals surface area contributed by atoms with Crippen molar-refractivity contribution in [1.29, 1.82) is 0 Å². The van der Waals surface area contributed by atoms with Crippen LogP contribution in [0.5, 0.6) is 0 Å². The molecule has 0 saturated heterocycles. The standard InChI is InChI=1S/C13H7ClF3NO4S/c14-7-2-1-5(3-6(7)13(15,16)17)10(20)18-11-9(12(21)22)8(19)4-23-11/h1-3H,4H2,(H,18,20)(H,21,22). The van der Waals surface area contributed by atoms with Gasteiger partial charge in [0, 0.05) is 5.56 Å². The Morgan fingerprint density at radius 1 is 1.30 bits per heavy atom. The molecule has 0 fully saturated rings. The third-order valence-corrected chi connectivity index (χ3v) is 4.16. The molecule has 1 aromatic rings. The molecule has 0 saturated carbocycles. The van der Waals surface area contributed by atoms with E-state index in [4.69, 9.17) is 16.7 Å². The van der Waals surface area contributed by atoms with Crippen LogP contribution < -0.4 is 5.32 Å². The van der Waals surface area contributed by atoms with Crippen molar-refractivity contribution < 1.29 is 32.7 Å². The molecule has 2 rings (SSSR count). The molecule has 10 heteroatoms. The van der Waals surface area contributed by atoms with E-state index in [1.807, 2.05) is 0 Å². The van der Waals surface area contributed by atoms with E-state index in [9.17, 15) is 27.6 Å². The van der Waals surface area contributed by atoms with Crippen molar-refractivity contribution in [2.24, 2.45) is 0 Å². The number of amides is 1. The molecule has 1 amide bonds. The molecular weight excluding hydrogens is 359 g/mol. The molecule has 5 nitrogen and oxygen atoms in total. The molecule has 0 atom stereocenters. The first kappa shape index (κ1) is 17.4. The number of carboxylic acids is 1. The van der Waals surface area contributed by atoms with Crippen LogP contribution in [-0.2, 0) is 15.8 Å². The molecule has 0 aromatic heterocycles. The van der Waals surface area contributed by atoms with Gasteiger partial charge in [0.25, 0.3) is 5.91 Å². The lowest BCUT2D eigenvalue weighted by atomic mass is 10.1. The van der Waals surface area contributed by atoms with Crippen molar-refractivity contribution in [3.63, 3.8) is 0 Å². The first-order valence-electron chi connectivity index (χ1n) is 5.93. The average Bonchev–Trinajstić information content (AvgIpc) is 2.78. The lowest BCUT2D eigenvalue weighted by Gasteiger charge is -2.11. The van der Waals surface area contributed by atoms with Crippen molar-refractivity contribution >= 4 is 41.0 Å². The monoisotopic (exact) mass is 365 g/mol. The van der Waals surface area contributed by atoms with Gasteiger partial charge >= 0.3 is 12.1 Å². The van der Waals surface area contributed by atoms with Gasteiger partial charge in [-0.1, -0.05) is 23.4 Å². The summed E-state index contributed by atoms with van der Waals surface area (Å²) in [5.41, 5.74) is -2.14. The van der Waals surface area contributed by atoms with Gasteiger partial charge in [0.2, 0.25) is 0 Å². The highest BCUT2D eigenvalue weighted by Crippen LogP contribution is 2.35. The minimum Gasteiger partial charge on any atom is -0.477 e. The fraction of sp³-hybridized carbons (Fsp3) is 0.154. The summed E-state index contributed by atoms with van der Waals surface area (Å²) in [5, 5.41) is 10.3. The maximum atomic E-state index is 12.8. The summed E-state index contributed by atoms with van der Waals surface area (Å²) in [6.07, 6.45) is -4.74. The van der Waals surface area contributed by atoms with E-state index in [0.29, 0.717) is 6.07 Å². The highest BCUT2D eigenvalue weighted by Gasteiger charge is 2.34. The Balaban J connectivity index is 2.32. The Morgan fingerprint density at radius 3 is 2.52 bits per heavy atom. The van der Waals surface area contributed by atoms with Crippen LogP contribution in [0.2, 0.25) is 5.02 Å². The molecule has 1 aliphatic rings. The van der Waals surface area contributed by atoms with E-state index in [-0.39, 0.29) is 16.3 Å². The first-order valence-corrected chi connectivity index (χ1v) is 7.29. The minimum absolute atomic E-state index is 0.161. The molecule has 0 unspecified atom stereocenters. The van der Waals surface area contributed by atoms with Gasteiger partial charge in [-0.3, -0.25) is 9.59 Å². The van der Waals surface area contributed by atoms with Crippen molar-refractivity contribution in [2.75, 3.05) is 5.75 Å². The normalized spacial score (nSPS) is 15.0. The van der Waals surface area contributed by atoms with Crippen molar-refractivity contribution in [1.82, 2.24) is 5.32 Å². The summed E-state index contributed by atoms with van der Waals surface area (Å²) >= 11 is 6.24. The first-order chi connectivity index (χ1) is 10.6. The molecule has 1 aliphatic heterocycles. The second-order valence-electron chi connectivity index (χ2n) is 4.37. The van der Waals surface area contributed by atoms with E-state index in [2.05, 4.69) is 5.32 Å². The Kier molecular flexibility index (Phi) is 4.71. The van der Waals surface area contributed by atoms with E-state index in [1.165, 1.54) is 0 Å². The smallest absolute Gasteiger partial charge is 0.417 e. The number of hydrogen-bond donors (Lipinski definition) is 2. The number of halogens is 4. The van der Waals surface area contributed by atoms with Crippen molar-refractivity contribution in [3.05, 3.63) is 45.0 Å². The molecule has 0 aliphatic carbocycles. The Morgan fingerprint density at radius 2 is 1.96 bits per heavy atom. The van der Waals surface area contributed by atoms with E-state index < -0.39 is 40.0 Å². The predicted molar refractivity (Wildman–Crippen MR) is 76.0 cm³/mol. The van der Waals surface area contributed by atoms with Crippen molar-refractivity contribution in [2.45, 2.75) is 6.18 Å². The molecule has 0 radical (unpaired) electrons. The Hall–Kier alpha value is -2.00. The van der Waals surface area contributed by atoms with Gasteiger partial charge in [-0.15, -0.1) is 0 Å². The zero-order valence-electron chi connectivity index (χ0n) is 11.0. The lowest BCUT2D eigenvalue weighted by molar-refractivity contribution is -0.137. The molecule has 1 aromatic carbocycles. The summed E-state index contributed by atoms with van der Waals surface area (Å²) in [7, 11) is 0. The number of Topliss-reactive ketones (excluding diaryl/α,β-unsaturated/α-hetero) is 1. The fourth-order valence-corrected chi connectivity index (χ4v) is 2.94. The summed E-state index contributed by atoms with van der Waals surface area (Å²) in [6.45, 7) is 0. The molecule has 23 heavy (non-hydrogen) atoms. The third-order valence-electron chi connectivity index (χ3n) is 2.83. The van der Waals surface area contributed by atoms with Crippen LogP contribution in [0.3, 0.4) is 0 Å². The van der Waals surface area contributed by atoms with Gasteiger partial charge in [-0.05, 0) is 18.2 Å². The average molecular weight is 366 g/mol. The summed E-state index contributed by atoms with van der Waals surface area (Å²) in [4.78, 5) is 34.4. The van der Waals surface area contributed by atoms with Crippen LogP contribution in [0.4, 0.5) is 13.2 Å². The number of ketones is 1. The quantitative estimate of drug-likeness (QED) is 0.805. The highest BCUT2D eigenvalue weighted by molar-refractivity contribution is 8.04. The van der Waals surface area contributed by atoms with E-state index in [1.54, 1.807) is 0 Å². The third kappa shape index (κ3) is 3.67. The number of nitrogens with one attached hydrogen (secondary N) is 1. The number of carboxylic acid groups (broad SMARTS) is 1. The number of rotatable bonds is 3. The largest absolute Gasteiger partial charge is 0.477 e. The van der Waals surface area contributed by atoms with Crippen LogP contribution in [0.25, 0.3) is 0 Å². The molecule has 0 bridgehead atoms. The molecular formula is C13H7ClF3NO4S. The van der Waals surface area contributed by atoms with Gasteiger partial charge in [0.1, 0.15) is 5.57 Å². The van der Waals surface area contributed by atoms with Crippen LogP contribution >= 0.6 is 23.4 Å². The second kappa shape index (κ2) is 6.25. The van der Waals surface area contributed by atoms with Crippen LogP contribution in [0.1, 0.15) is 15.9 Å². The Labute approximate surface area is 136 Å². The zero-order valence-corrected chi connectivity index (χ0v) is 12.6. The van der Waals surface area contributed by atoms with Gasteiger partial charge in [0.15, 0.2) is 5.78 Å². The van der Waals surface area contributed by atoms with Crippen LogP contribution in [-0.4, -0.2) is 28.5 Å². The number of hydrogen-bond acceptors (Lipinski definition) is 4. The van der Waals surface area contributed by atoms with Crippen LogP contribution in [0.15, 0.2) is 28.8 Å². The highest BCUT2D eigenvalue weighted by atomic mass is 35.5. The van der Waals surface area contributed by atoms with Crippen molar-refractivity contribution in [3.8, 4) is 0 Å². The van der Waals surface area contributed by atoms with E-state index >= 15 is 0 Å². The van der Waals surface area contributed by atoms with Gasteiger partial charge in [0.05, 0.1) is 21.4 Å². The Bertz CT molecular complexity index is 745. The summed E-state index contributed by atoms with van der Waals surface area (Å²) in [6, 6.07) is 2.54. The number of alkyl halides is 3. The topological polar surface area (TPSA) is 83.5 Å². The van der Waals surface area contributed by atoms with Gasteiger partial charge < -0.3 is 10.4 Å². The number of carbonyl (C=O) groups excluding carboxylic acids is 2. The zero-order chi connectivity index (χ0) is 17.4. The maximum absolute atomic E-state index is 12.8. The minimum atomic E-state index is -4.74. The lowest BCUT2D eigenvalue weighted by Crippen LogP contribution is -2.24. The number of carbonyl (C=O) groups is 3. The summed E-state index contributed by atoms with van der Waals surface area (Å²) in [5.74, 6) is -3.32.